The zero-order chi connectivity index (χ0) is 34.7. The molecular weight excluding hydrogens is 572 g/mol. The van der Waals surface area contributed by atoms with Crippen molar-refractivity contribution in [1.82, 2.24) is 0 Å². The summed E-state index contributed by atoms with van der Waals surface area (Å²) in [6.45, 7) is 14.7. The van der Waals surface area contributed by atoms with Crippen molar-refractivity contribution in [2.75, 3.05) is 0 Å². The fourth-order valence-corrected chi connectivity index (χ4v) is 4.80. The number of carbonyl (C=O) groups is 8. The molecule has 0 saturated heterocycles. The average Bonchev–Trinajstić information content (AvgIpc) is 3.75. The van der Waals surface area contributed by atoms with Gasteiger partial charge in [-0.25, -0.2) is 0 Å². The monoisotopic (exact) mass is 617 g/mol. The zero-order valence-electron chi connectivity index (χ0n) is 28.2. The quantitative estimate of drug-likeness (QED) is 0.314. The molecule has 11 nitrogen and oxygen atoms in total. The second-order valence-corrected chi connectivity index (χ2v) is 13.4. The number of phenolic OH excluding ortho intramolecular Hbond substituents is 3. The van der Waals surface area contributed by atoms with E-state index >= 15 is 0 Å². The molecular formula is C33H45O11+. The predicted molar refractivity (Wildman–Crippen MR) is 160 cm³/mol. The van der Waals surface area contributed by atoms with Gasteiger partial charge < -0.3 is 15.3 Å². The van der Waals surface area contributed by atoms with Crippen LogP contribution in [-0.4, -0.2) is 61.6 Å². The normalized spacial score (nSPS) is 21.0. The zero-order valence-corrected chi connectivity index (χ0v) is 27.2. The van der Waals surface area contributed by atoms with E-state index in [1.165, 1.54) is 60.8 Å². The van der Waals surface area contributed by atoms with Crippen LogP contribution in [0, 0.1) is 27.6 Å². The molecule has 1 aromatic rings. The lowest BCUT2D eigenvalue weighted by molar-refractivity contribution is -0.162. The summed E-state index contributed by atoms with van der Waals surface area (Å²) < 4.78 is 0. The highest BCUT2D eigenvalue weighted by Crippen LogP contribution is 2.41. The Labute approximate surface area is 258 Å². The van der Waals surface area contributed by atoms with E-state index in [4.69, 9.17) is 15.3 Å². The van der Waals surface area contributed by atoms with E-state index in [0.717, 1.165) is 12.1 Å². The molecule has 44 heavy (non-hydrogen) atoms. The summed E-state index contributed by atoms with van der Waals surface area (Å²) in [7, 11) is 0. The molecule has 11 heteroatoms. The molecule has 3 saturated carbocycles. The largest absolute Gasteiger partial charge is 1.00 e. The first kappa shape index (κ1) is 38.0. The van der Waals surface area contributed by atoms with Crippen LogP contribution in [0.2, 0.25) is 0 Å². The molecule has 0 unspecified atom stereocenters. The van der Waals surface area contributed by atoms with Crippen molar-refractivity contribution in [3.05, 3.63) is 17.7 Å². The number of rotatable bonds is 2. The summed E-state index contributed by atoms with van der Waals surface area (Å²) in [6, 6.07) is 1.99. The summed E-state index contributed by atoms with van der Waals surface area (Å²) in [6.07, 6.45) is 4.39. The van der Waals surface area contributed by atoms with E-state index in [-0.39, 0.29) is 36.5 Å². The number of Topliss-reactive ketones (excluding diaryl/α,β-unsaturated/α-hetero) is 8. The van der Waals surface area contributed by atoms with E-state index in [9.17, 15) is 38.4 Å². The summed E-state index contributed by atoms with van der Waals surface area (Å²) in [5.74, 6) is -5.67. The van der Waals surface area contributed by atoms with Crippen LogP contribution < -0.4 is 0 Å². The van der Waals surface area contributed by atoms with Crippen molar-refractivity contribution in [3.8, 4) is 17.2 Å². The Balaban J connectivity index is 0.000000613. The van der Waals surface area contributed by atoms with Crippen molar-refractivity contribution < 1.29 is 55.1 Å². The third kappa shape index (κ3) is 7.92. The van der Waals surface area contributed by atoms with Gasteiger partial charge in [0.05, 0.1) is 28.1 Å². The molecule has 0 aromatic heterocycles. The van der Waals surface area contributed by atoms with Crippen LogP contribution in [0.4, 0.5) is 0 Å². The summed E-state index contributed by atoms with van der Waals surface area (Å²) in [4.78, 5) is 92.5. The van der Waals surface area contributed by atoms with Crippen LogP contribution in [0.1, 0.15) is 107 Å². The van der Waals surface area contributed by atoms with Crippen LogP contribution in [-0.2, 0) is 33.6 Å². The summed E-state index contributed by atoms with van der Waals surface area (Å²) in [5, 5.41) is 27.1. The highest BCUT2D eigenvalue weighted by atomic mass is 16.3. The Hall–Kier alpha value is -4.02. The van der Waals surface area contributed by atoms with Gasteiger partial charge in [0.1, 0.15) is 34.5 Å². The van der Waals surface area contributed by atoms with Crippen molar-refractivity contribution in [1.29, 1.82) is 0 Å². The van der Waals surface area contributed by atoms with Gasteiger partial charge in [0, 0.05) is 12.1 Å². The van der Waals surface area contributed by atoms with Crippen molar-refractivity contribution in [2.45, 2.75) is 94.9 Å². The van der Waals surface area contributed by atoms with Crippen LogP contribution in [0.5, 0.6) is 17.2 Å². The summed E-state index contributed by atoms with van der Waals surface area (Å²) in [5.41, 5.74) is -4.66. The molecule has 1 aromatic carbocycles. The molecule has 3 aliphatic rings. The van der Waals surface area contributed by atoms with Crippen LogP contribution in [0.15, 0.2) is 12.1 Å². The smallest absolute Gasteiger partial charge is 0.508 e. The minimum Gasteiger partial charge on any atom is -0.508 e. The average molecular weight is 618 g/mol. The van der Waals surface area contributed by atoms with E-state index < -0.39 is 68.0 Å². The lowest BCUT2D eigenvalue weighted by Crippen LogP contribution is -2.58. The Morgan fingerprint density at radius 1 is 0.636 bits per heavy atom. The fourth-order valence-electron chi connectivity index (χ4n) is 4.80. The highest BCUT2D eigenvalue weighted by Gasteiger charge is 2.59. The first-order valence-electron chi connectivity index (χ1n) is 14.3. The molecule has 0 radical (unpaired) electrons. The number of aromatic hydroxyl groups is 3. The van der Waals surface area contributed by atoms with Gasteiger partial charge >= 0.3 is 1.43 Å². The molecule has 3 N–H and O–H groups in total. The first-order chi connectivity index (χ1) is 19.8. The van der Waals surface area contributed by atoms with Gasteiger partial charge in [0.2, 0.25) is 0 Å². The lowest BCUT2D eigenvalue weighted by Gasteiger charge is -2.39. The maximum Gasteiger partial charge on any atom is 1.00 e. The number of phenols is 3. The van der Waals surface area contributed by atoms with Gasteiger partial charge in [0.15, 0.2) is 40.5 Å². The van der Waals surface area contributed by atoms with Crippen LogP contribution >= 0.6 is 0 Å². The number of ketones is 8. The molecule has 0 aliphatic heterocycles. The highest BCUT2D eigenvalue weighted by molar-refractivity contribution is 6.34. The maximum atomic E-state index is 12.0. The SMILES string of the molecule is C1CC1.CC(=O)C1C(=O)C(C)(C)C(=O)C(C)(C)C1=O.CC(=O)c1c(O)cc(O)cc1O.CC1(C)C(=O)CC(=O)C(C)(C)C1=O.[H+]. The maximum absolute atomic E-state index is 12.0. The van der Waals surface area contributed by atoms with Gasteiger partial charge in [-0.15, -0.1) is 0 Å². The van der Waals surface area contributed by atoms with Crippen molar-refractivity contribution >= 4 is 46.3 Å². The van der Waals surface area contributed by atoms with Gasteiger partial charge in [-0.3, -0.25) is 38.4 Å². The van der Waals surface area contributed by atoms with Crippen LogP contribution in [0.25, 0.3) is 0 Å². The third-order valence-electron chi connectivity index (χ3n) is 7.94. The van der Waals surface area contributed by atoms with Crippen LogP contribution in [0.3, 0.4) is 0 Å². The van der Waals surface area contributed by atoms with E-state index in [0.29, 0.717) is 0 Å². The molecule has 3 fully saturated rings. The Kier molecular flexibility index (Phi) is 11.5. The molecule has 0 bridgehead atoms. The fraction of sp³-hybridized carbons (Fsp3) is 0.576. The van der Waals surface area contributed by atoms with Gasteiger partial charge in [-0.05, 0) is 69.2 Å². The lowest BCUT2D eigenvalue weighted by atomic mass is 9.58. The molecule has 3 aliphatic carbocycles. The standard InChI is InChI=1S/C12H16O4.C10H14O3.C8H8O4.C3H6/c1-6(13)7-8(14)11(2,3)10(16)12(4,5)9(7)15;1-9(2)6(11)5-7(12)10(3,4)8(9)13;1-4(9)8-6(11)2-5(10)3-7(8)12;1-2-3-1/h7H,1-5H3;5H2,1-4H3;2-3,10-12H,1H3;1-3H2/p+1. The molecule has 0 atom stereocenters. The molecule has 0 spiro atoms. The van der Waals surface area contributed by atoms with Crippen molar-refractivity contribution in [3.63, 3.8) is 0 Å². The second-order valence-electron chi connectivity index (χ2n) is 13.4. The minimum atomic E-state index is -1.28. The van der Waals surface area contributed by atoms with Gasteiger partial charge in [-0.1, -0.05) is 19.3 Å². The van der Waals surface area contributed by atoms with Crippen molar-refractivity contribution in [2.24, 2.45) is 27.6 Å². The molecule has 0 amide bonds. The third-order valence-corrected chi connectivity index (χ3v) is 7.94. The van der Waals surface area contributed by atoms with E-state index in [1.807, 2.05) is 0 Å². The number of hydrogen-bond acceptors (Lipinski definition) is 11. The Morgan fingerprint density at radius 3 is 1.23 bits per heavy atom. The number of hydrogen-bond donors (Lipinski definition) is 3. The number of carbonyl (C=O) groups excluding carboxylic acids is 8. The minimum absolute atomic E-state index is 0. The Morgan fingerprint density at radius 2 is 0.955 bits per heavy atom. The van der Waals surface area contributed by atoms with E-state index in [1.54, 1.807) is 27.7 Å². The summed E-state index contributed by atoms with van der Waals surface area (Å²) >= 11 is 0. The molecule has 4 rings (SSSR count). The van der Waals surface area contributed by atoms with Gasteiger partial charge in [-0.2, -0.15) is 0 Å². The first-order valence-corrected chi connectivity index (χ1v) is 14.3. The Bertz CT molecular complexity index is 1330. The van der Waals surface area contributed by atoms with E-state index in [2.05, 4.69) is 0 Å². The molecule has 0 heterocycles. The number of benzene rings is 1. The van der Waals surface area contributed by atoms with Gasteiger partial charge in [0.25, 0.3) is 0 Å². The topological polar surface area (TPSA) is 197 Å². The molecule has 242 valence electrons. The predicted octanol–water partition coefficient (Wildman–Crippen LogP) is 4.40. The second kappa shape index (κ2) is 13.3.